The Morgan fingerprint density at radius 2 is 2.20 bits per heavy atom. The van der Waals surface area contributed by atoms with Crippen LogP contribution in [-0.2, 0) is 0 Å². The molecule has 15 heavy (non-hydrogen) atoms. The molecule has 1 aromatic rings. The van der Waals surface area contributed by atoms with Crippen molar-refractivity contribution in [3.63, 3.8) is 0 Å². The van der Waals surface area contributed by atoms with Crippen molar-refractivity contribution >= 4 is 17.4 Å². The maximum absolute atomic E-state index is 6.06. The first kappa shape index (κ1) is 10.7. The number of rotatable bonds is 2. The summed E-state index contributed by atoms with van der Waals surface area (Å²) in [6.45, 7) is 4.61. The minimum absolute atomic E-state index is 0.521. The van der Waals surface area contributed by atoms with Crippen molar-refractivity contribution in [2.45, 2.75) is 32.7 Å². The van der Waals surface area contributed by atoms with Crippen LogP contribution in [0.25, 0.3) is 0 Å². The molecule has 0 spiro atoms. The Labute approximate surface area is 96.1 Å². The molecule has 1 heterocycles. The van der Waals surface area contributed by atoms with Crippen molar-refractivity contribution in [1.29, 1.82) is 0 Å². The van der Waals surface area contributed by atoms with Crippen molar-refractivity contribution in [2.24, 2.45) is 11.8 Å². The van der Waals surface area contributed by atoms with Gasteiger partial charge in [-0.15, -0.1) is 0 Å². The quantitative estimate of drug-likeness (QED) is 0.831. The lowest BCUT2D eigenvalue weighted by Gasteiger charge is -2.20. The van der Waals surface area contributed by atoms with Crippen LogP contribution in [0.1, 0.15) is 26.7 Å². The van der Waals surface area contributed by atoms with Gasteiger partial charge in [0, 0.05) is 12.2 Å². The highest BCUT2D eigenvalue weighted by Crippen LogP contribution is 2.33. The van der Waals surface area contributed by atoms with Gasteiger partial charge in [-0.25, -0.2) is 4.98 Å². The lowest BCUT2D eigenvalue weighted by Crippen LogP contribution is -2.24. The SMILES string of the molecule is CC1CCC(Nc2ncccc2Cl)C1C. The molecule has 2 nitrogen and oxygen atoms in total. The first-order valence-corrected chi connectivity index (χ1v) is 5.93. The Bertz CT molecular complexity index is 340. The summed E-state index contributed by atoms with van der Waals surface area (Å²) in [6, 6.07) is 4.25. The Kier molecular flexibility index (Phi) is 3.15. The summed E-state index contributed by atoms with van der Waals surface area (Å²) in [5.41, 5.74) is 0. The van der Waals surface area contributed by atoms with Gasteiger partial charge in [0.1, 0.15) is 5.82 Å². The molecule has 1 saturated carbocycles. The van der Waals surface area contributed by atoms with Crippen LogP contribution < -0.4 is 5.32 Å². The molecule has 1 aromatic heterocycles. The number of pyridine rings is 1. The topological polar surface area (TPSA) is 24.9 Å². The van der Waals surface area contributed by atoms with Gasteiger partial charge in [-0.05, 0) is 36.8 Å². The molecule has 0 amide bonds. The zero-order chi connectivity index (χ0) is 10.8. The highest BCUT2D eigenvalue weighted by Gasteiger charge is 2.29. The van der Waals surface area contributed by atoms with E-state index in [-0.39, 0.29) is 0 Å². The van der Waals surface area contributed by atoms with Gasteiger partial charge in [-0.1, -0.05) is 25.4 Å². The van der Waals surface area contributed by atoms with E-state index in [0.717, 1.165) is 11.7 Å². The molecule has 0 radical (unpaired) electrons. The molecule has 1 fully saturated rings. The van der Waals surface area contributed by atoms with Crippen LogP contribution in [0.15, 0.2) is 18.3 Å². The number of anilines is 1. The first-order chi connectivity index (χ1) is 7.18. The minimum atomic E-state index is 0.521. The number of halogens is 1. The van der Waals surface area contributed by atoms with E-state index in [0.29, 0.717) is 17.0 Å². The molecule has 82 valence electrons. The Balaban J connectivity index is 2.07. The van der Waals surface area contributed by atoms with Gasteiger partial charge in [-0.3, -0.25) is 0 Å². The zero-order valence-corrected chi connectivity index (χ0v) is 9.96. The van der Waals surface area contributed by atoms with E-state index < -0.39 is 0 Å². The molecule has 2 rings (SSSR count). The van der Waals surface area contributed by atoms with Crippen molar-refractivity contribution in [3.05, 3.63) is 23.4 Å². The molecule has 1 aliphatic carbocycles. The molecule has 3 atom stereocenters. The zero-order valence-electron chi connectivity index (χ0n) is 9.20. The number of nitrogens with zero attached hydrogens (tertiary/aromatic N) is 1. The normalized spacial score (nSPS) is 30.5. The summed E-state index contributed by atoms with van der Waals surface area (Å²) in [5.74, 6) is 2.32. The van der Waals surface area contributed by atoms with Crippen LogP contribution >= 0.6 is 11.6 Å². The van der Waals surface area contributed by atoms with Crippen LogP contribution in [0.2, 0.25) is 5.02 Å². The molecule has 3 heteroatoms. The van der Waals surface area contributed by atoms with Gasteiger partial charge in [0.2, 0.25) is 0 Å². The maximum atomic E-state index is 6.06. The fraction of sp³-hybridized carbons (Fsp3) is 0.583. The van der Waals surface area contributed by atoms with Crippen LogP contribution in [0.4, 0.5) is 5.82 Å². The summed E-state index contributed by atoms with van der Waals surface area (Å²) in [5, 5.41) is 4.16. The van der Waals surface area contributed by atoms with Gasteiger partial charge in [-0.2, -0.15) is 0 Å². The van der Waals surface area contributed by atoms with E-state index in [2.05, 4.69) is 24.1 Å². The Hall–Kier alpha value is -0.760. The fourth-order valence-electron chi connectivity index (χ4n) is 2.24. The largest absolute Gasteiger partial charge is 0.366 e. The van der Waals surface area contributed by atoms with E-state index in [1.807, 2.05) is 12.1 Å². The third-order valence-electron chi connectivity index (χ3n) is 3.55. The van der Waals surface area contributed by atoms with E-state index in [1.165, 1.54) is 12.8 Å². The van der Waals surface area contributed by atoms with Crippen LogP contribution in [0.5, 0.6) is 0 Å². The van der Waals surface area contributed by atoms with E-state index in [9.17, 15) is 0 Å². The predicted octanol–water partition coefficient (Wildman–Crippen LogP) is 3.58. The van der Waals surface area contributed by atoms with E-state index in [4.69, 9.17) is 11.6 Å². The summed E-state index contributed by atoms with van der Waals surface area (Å²) >= 11 is 6.06. The van der Waals surface area contributed by atoms with Crippen molar-refractivity contribution in [1.82, 2.24) is 4.98 Å². The van der Waals surface area contributed by atoms with Gasteiger partial charge < -0.3 is 5.32 Å². The number of aromatic nitrogens is 1. The minimum Gasteiger partial charge on any atom is -0.366 e. The van der Waals surface area contributed by atoms with E-state index in [1.54, 1.807) is 6.20 Å². The summed E-state index contributed by atoms with van der Waals surface area (Å²) in [7, 11) is 0. The standard InChI is InChI=1S/C12H17ClN2/c1-8-5-6-11(9(8)2)15-12-10(13)4-3-7-14-12/h3-4,7-9,11H,5-6H2,1-2H3,(H,14,15). The summed E-state index contributed by atoms with van der Waals surface area (Å²) < 4.78 is 0. The highest BCUT2D eigenvalue weighted by molar-refractivity contribution is 6.32. The third-order valence-corrected chi connectivity index (χ3v) is 3.85. The second kappa shape index (κ2) is 4.40. The first-order valence-electron chi connectivity index (χ1n) is 5.55. The summed E-state index contributed by atoms with van der Waals surface area (Å²) in [4.78, 5) is 4.26. The average Bonchev–Trinajstić information content (AvgIpc) is 2.53. The third kappa shape index (κ3) is 2.25. The van der Waals surface area contributed by atoms with Crippen molar-refractivity contribution in [2.75, 3.05) is 5.32 Å². The van der Waals surface area contributed by atoms with Crippen LogP contribution in [-0.4, -0.2) is 11.0 Å². The molecule has 3 unspecified atom stereocenters. The maximum Gasteiger partial charge on any atom is 0.144 e. The smallest absolute Gasteiger partial charge is 0.144 e. The van der Waals surface area contributed by atoms with Crippen LogP contribution in [0, 0.1) is 11.8 Å². The number of hydrogen-bond donors (Lipinski definition) is 1. The summed E-state index contributed by atoms with van der Waals surface area (Å²) in [6.07, 6.45) is 4.29. The van der Waals surface area contributed by atoms with Gasteiger partial charge in [0.25, 0.3) is 0 Å². The number of hydrogen-bond acceptors (Lipinski definition) is 2. The molecule has 0 aromatic carbocycles. The van der Waals surface area contributed by atoms with E-state index >= 15 is 0 Å². The van der Waals surface area contributed by atoms with Crippen LogP contribution in [0.3, 0.4) is 0 Å². The second-order valence-corrected chi connectivity index (χ2v) is 4.91. The number of nitrogens with one attached hydrogen (secondary N) is 1. The molecule has 1 N–H and O–H groups in total. The predicted molar refractivity (Wildman–Crippen MR) is 64.2 cm³/mol. The Morgan fingerprint density at radius 3 is 2.80 bits per heavy atom. The molecule has 0 aliphatic heterocycles. The highest BCUT2D eigenvalue weighted by atomic mass is 35.5. The van der Waals surface area contributed by atoms with Gasteiger partial charge >= 0.3 is 0 Å². The fourth-order valence-corrected chi connectivity index (χ4v) is 2.41. The lowest BCUT2D eigenvalue weighted by atomic mass is 9.98. The molecule has 0 saturated heterocycles. The van der Waals surface area contributed by atoms with Gasteiger partial charge in [0.05, 0.1) is 5.02 Å². The Morgan fingerprint density at radius 1 is 1.40 bits per heavy atom. The molecule has 1 aliphatic rings. The monoisotopic (exact) mass is 224 g/mol. The average molecular weight is 225 g/mol. The van der Waals surface area contributed by atoms with Crippen molar-refractivity contribution in [3.8, 4) is 0 Å². The van der Waals surface area contributed by atoms with Crippen molar-refractivity contribution < 1.29 is 0 Å². The molecular weight excluding hydrogens is 208 g/mol. The lowest BCUT2D eigenvalue weighted by molar-refractivity contribution is 0.435. The molecule has 0 bridgehead atoms. The second-order valence-electron chi connectivity index (χ2n) is 4.50. The van der Waals surface area contributed by atoms with Gasteiger partial charge in [0.15, 0.2) is 0 Å². The molecular formula is C12H17ClN2.